The van der Waals surface area contributed by atoms with Crippen LogP contribution in [0.15, 0.2) is 23.2 Å². The number of carbonyl (C=O) groups excluding carboxylic acids is 2. The molecule has 1 saturated heterocycles. The Morgan fingerprint density at radius 3 is 2.65 bits per heavy atom. The lowest BCUT2D eigenvalue weighted by molar-refractivity contribution is -0.152. The predicted octanol–water partition coefficient (Wildman–Crippen LogP) is 1.30. The maximum Gasteiger partial charge on any atom is 0.346 e. The molecule has 0 aromatic rings. The van der Waals surface area contributed by atoms with Gasteiger partial charge >= 0.3 is 11.9 Å². The van der Waals surface area contributed by atoms with Crippen molar-refractivity contribution in [3.05, 3.63) is 23.2 Å². The number of hydrogen-bond donors (Lipinski definition) is 0. The molecule has 2 aliphatic rings. The maximum atomic E-state index is 11.5. The van der Waals surface area contributed by atoms with Crippen molar-refractivity contribution < 1.29 is 23.8 Å². The van der Waals surface area contributed by atoms with Gasteiger partial charge in [0.05, 0.1) is 18.8 Å². The van der Waals surface area contributed by atoms with E-state index in [0.29, 0.717) is 36.7 Å². The van der Waals surface area contributed by atoms with Crippen LogP contribution in [0.2, 0.25) is 0 Å². The van der Waals surface area contributed by atoms with Crippen LogP contribution in [0.5, 0.6) is 0 Å². The van der Waals surface area contributed by atoms with Gasteiger partial charge in [-0.25, -0.2) is 4.79 Å². The molecule has 0 radical (unpaired) electrons. The highest BCUT2D eigenvalue weighted by atomic mass is 16.6. The van der Waals surface area contributed by atoms with Crippen molar-refractivity contribution in [3.8, 4) is 0 Å². The smallest absolute Gasteiger partial charge is 0.346 e. The van der Waals surface area contributed by atoms with E-state index in [1.165, 1.54) is 0 Å². The van der Waals surface area contributed by atoms with E-state index in [1.807, 2.05) is 13.8 Å². The predicted molar refractivity (Wildman–Crippen MR) is 57.6 cm³/mol. The zero-order valence-corrected chi connectivity index (χ0v) is 9.82. The van der Waals surface area contributed by atoms with Gasteiger partial charge in [0, 0.05) is 12.5 Å². The summed E-state index contributed by atoms with van der Waals surface area (Å²) >= 11 is 0. The standard InChI is InChI=1S/C12H14O5/c1-3-15-7-5-8-10(9(6-7)16-4-2)12(14)17-11(8)13/h6,8H,3-5H2,1-2H3. The van der Waals surface area contributed by atoms with Gasteiger partial charge in [-0.1, -0.05) is 0 Å². The minimum Gasteiger partial charge on any atom is -0.498 e. The molecule has 1 aliphatic carbocycles. The number of fused-ring (bicyclic) bond motifs is 1. The summed E-state index contributed by atoms with van der Waals surface area (Å²) in [5, 5.41) is 0. The third kappa shape index (κ3) is 2.05. The van der Waals surface area contributed by atoms with E-state index in [0.717, 1.165) is 0 Å². The Kier molecular flexibility index (Phi) is 3.17. The third-order valence-electron chi connectivity index (χ3n) is 2.64. The molecule has 1 aliphatic heterocycles. The van der Waals surface area contributed by atoms with Gasteiger partial charge in [-0.15, -0.1) is 0 Å². The second kappa shape index (κ2) is 4.61. The van der Waals surface area contributed by atoms with Crippen molar-refractivity contribution in [1.29, 1.82) is 0 Å². The average Bonchev–Trinajstić information content (AvgIpc) is 2.56. The molecular formula is C12H14O5. The van der Waals surface area contributed by atoms with Gasteiger partial charge in [-0.05, 0) is 13.8 Å². The Hall–Kier alpha value is -1.78. The van der Waals surface area contributed by atoms with Crippen molar-refractivity contribution in [3.63, 3.8) is 0 Å². The van der Waals surface area contributed by atoms with Gasteiger partial charge in [0.2, 0.25) is 0 Å². The van der Waals surface area contributed by atoms with E-state index in [2.05, 4.69) is 4.74 Å². The molecule has 1 fully saturated rings. The first kappa shape index (κ1) is 11.7. The zero-order valence-electron chi connectivity index (χ0n) is 9.82. The number of ether oxygens (including phenoxy) is 3. The minimum atomic E-state index is -0.602. The molecule has 0 amide bonds. The second-order valence-electron chi connectivity index (χ2n) is 3.72. The van der Waals surface area contributed by atoms with Gasteiger partial charge in [0.25, 0.3) is 0 Å². The van der Waals surface area contributed by atoms with E-state index < -0.39 is 17.9 Å². The van der Waals surface area contributed by atoms with Crippen LogP contribution in [-0.2, 0) is 23.8 Å². The molecule has 1 unspecified atom stereocenters. The molecule has 1 atom stereocenters. The number of carbonyl (C=O) groups is 2. The summed E-state index contributed by atoms with van der Waals surface area (Å²) in [7, 11) is 0. The minimum absolute atomic E-state index is 0.320. The van der Waals surface area contributed by atoms with Crippen molar-refractivity contribution >= 4 is 11.9 Å². The summed E-state index contributed by atoms with van der Waals surface area (Å²) in [6, 6.07) is 0. The first-order valence-electron chi connectivity index (χ1n) is 5.63. The monoisotopic (exact) mass is 238 g/mol. The molecule has 0 aromatic heterocycles. The Balaban J connectivity index is 2.37. The molecule has 17 heavy (non-hydrogen) atoms. The van der Waals surface area contributed by atoms with Crippen LogP contribution in [0.1, 0.15) is 20.3 Å². The lowest BCUT2D eigenvalue weighted by atomic mass is 9.91. The molecule has 92 valence electrons. The van der Waals surface area contributed by atoms with Gasteiger partial charge in [-0.2, -0.15) is 0 Å². The van der Waals surface area contributed by atoms with Crippen molar-refractivity contribution in [2.24, 2.45) is 5.92 Å². The Morgan fingerprint density at radius 1 is 1.29 bits per heavy atom. The Bertz CT molecular complexity index is 419. The lowest BCUT2D eigenvalue weighted by Gasteiger charge is -2.19. The van der Waals surface area contributed by atoms with E-state index in [9.17, 15) is 9.59 Å². The highest BCUT2D eigenvalue weighted by molar-refractivity contribution is 6.08. The van der Waals surface area contributed by atoms with Crippen LogP contribution in [0, 0.1) is 5.92 Å². The molecule has 5 nitrogen and oxygen atoms in total. The summed E-state index contributed by atoms with van der Waals surface area (Å²) < 4.78 is 15.3. The van der Waals surface area contributed by atoms with Gasteiger partial charge in [0.1, 0.15) is 17.4 Å². The zero-order chi connectivity index (χ0) is 12.4. The number of cyclic esters (lactones) is 2. The largest absolute Gasteiger partial charge is 0.498 e. The Morgan fingerprint density at radius 2 is 2.00 bits per heavy atom. The molecule has 0 saturated carbocycles. The van der Waals surface area contributed by atoms with E-state index in [1.54, 1.807) is 6.08 Å². The number of allylic oxidation sites excluding steroid dienone is 2. The number of esters is 2. The Labute approximate surface area is 99.0 Å². The highest BCUT2D eigenvalue weighted by Crippen LogP contribution is 2.36. The van der Waals surface area contributed by atoms with Crippen molar-refractivity contribution in [1.82, 2.24) is 0 Å². The fourth-order valence-electron chi connectivity index (χ4n) is 1.98. The second-order valence-corrected chi connectivity index (χ2v) is 3.72. The average molecular weight is 238 g/mol. The topological polar surface area (TPSA) is 61.8 Å². The quantitative estimate of drug-likeness (QED) is 0.545. The van der Waals surface area contributed by atoms with Gasteiger partial charge in [0.15, 0.2) is 0 Å². The van der Waals surface area contributed by atoms with E-state index in [4.69, 9.17) is 9.47 Å². The summed E-state index contributed by atoms with van der Waals surface area (Å²) in [6.07, 6.45) is 2.03. The molecule has 0 aromatic carbocycles. The fourth-order valence-corrected chi connectivity index (χ4v) is 1.98. The van der Waals surface area contributed by atoms with Gasteiger partial charge < -0.3 is 14.2 Å². The summed E-state index contributed by atoms with van der Waals surface area (Å²) in [4.78, 5) is 23.0. The van der Waals surface area contributed by atoms with Gasteiger partial charge in [-0.3, -0.25) is 4.79 Å². The fraction of sp³-hybridized carbons (Fsp3) is 0.500. The van der Waals surface area contributed by atoms with E-state index >= 15 is 0 Å². The molecule has 5 heteroatoms. The van der Waals surface area contributed by atoms with Crippen LogP contribution in [0.4, 0.5) is 0 Å². The number of hydrogen-bond acceptors (Lipinski definition) is 5. The summed E-state index contributed by atoms with van der Waals surface area (Å²) in [5.74, 6) is -0.655. The number of rotatable bonds is 4. The lowest BCUT2D eigenvalue weighted by Crippen LogP contribution is -2.17. The SMILES string of the molecule is CCOC1=CC(OCC)=C2C(=O)OC(=O)C2C1. The van der Waals surface area contributed by atoms with Crippen LogP contribution in [0.3, 0.4) is 0 Å². The van der Waals surface area contributed by atoms with Crippen molar-refractivity contribution in [2.45, 2.75) is 20.3 Å². The van der Waals surface area contributed by atoms with Crippen molar-refractivity contribution in [2.75, 3.05) is 13.2 Å². The summed E-state index contributed by atoms with van der Waals surface area (Å²) in [6.45, 7) is 4.60. The third-order valence-corrected chi connectivity index (χ3v) is 2.64. The van der Waals surface area contributed by atoms with E-state index in [-0.39, 0.29) is 0 Å². The van der Waals surface area contributed by atoms with Crippen LogP contribution >= 0.6 is 0 Å². The summed E-state index contributed by atoms with van der Waals surface area (Å²) in [5.41, 5.74) is 0.320. The molecular weight excluding hydrogens is 224 g/mol. The van der Waals surface area contributed by atoms with Crippen LogP contribution < -0.4 is 0 Å². The molecule has 0 spiro atoms. The molecule has 0 bridgehead atoms. The first-order chi connectivity index (χ1) is 8.17. The first-order valence-corrected chi connectivity index (χ1v) is 5.63. The maximum absolute atomic E-state index is 11.5. The highest BCUT2D eigenvalue weighted by Gasteiger charge is 2.44. The normalized spacial score (nSPS) is 23.2. The van der Waals surface area contributed by atoms with Crippen LogP contribution in [-0.4, -0.2) is 25.2 Å². The molecule has 1 heterocycles. The van der Waals surface area contributed by atoms with Crippen LogP contribution in [0.25, 0.3) is 0 Å². The molecule has 0 N–H and O–H groups in total. The molecule has 2 rings (SSSR count).